The lowest BCUT2D eigenvalue weighted by molar-refractivity contribution is 0.344. The van der Waals surface area contributed by atoms with Crippen molar-refractivity contribution in [1.29, 1.82) is 0 Å². The second kappa shape index (κ2) is 4.89. The Morgan fingerprint density at radius 2 is 2.05 bits per heavy atom. The summed E-state index contributed by atoms with van der Waals surface area (Å²) in [5.41, 5.74) is 2.90. The number of nitrogens with zero attached hydrogens (tertiary/aromatic N) is 5. The predicted molar refractivity (Wildman–Crippen MR) is 86.0 cm³/mol. The third-order valence-electron chi connectivity index (χ3n) is 3.45. The van der Waals surface area contributed by atoms with E-state index in [1.807, 2.05) is 38.1 Å². The Kier molecular flexibility index (Phi) is 2.98. The smallest absolute Gasteiger partial charge is 0.266 e. The maximum absolute atomic E-state index is 5.83. The first-order chi connectivity index (χ1) is 10.6. The van der Waals surface area contributed by atoms with Gasteiger partial charge in [0.2, 0.25) is 5.89 Å². The summed E-state index contributed by atoms with van der Waals surface area (Å²) in [5.74, 6) is 1.12. The Balaban J connectivity index is 1.93. The zero-order valence-corrected chi connectivity index (χ0v) is 13.4. The average molecular weight is 313 g/mol. The number of aryl methyl sites for hydroxylation is 1. The van der Waals surface area contributed by atoms with E-state index in [1.165, 1.54) is 4.70 Å². The summed E-state index contributed by atoms with van der Waals surface area (Å²) in [6, 6.07) is 8.24. The molecule has 0 saturated heterocycles. The number of imidazole rings is 1. The number of thiazole rings is 1. The van der Waals surface area contributed by atoms with Crippen molar-refractivity contribution >= 4 is 26.5 Å². The Hall–Kier alpha value is -2.25. The van der Waals surface area contributed by atoms with Gasteiger partial charge in [-0.25, -0.2) is 4.98 Å². The van der Waals surface area contributed by atoms with Gasteiger partial charge in [0.1, 0.15) is 5.69 Å². The van der Waals surface area contributed by atoms with Crippen LogP contribution in [0.4, 0.5) is 0 Å². The summed E-state index contributed by atoms with van der Waals surface area (Å²) >= 11 is 1.66. The maximum Gasteiger partial charge on any atom is 0.266 e. The quantitative estimate of drug-likeness (QED) is 0.582. The molecule has 112 valence electrons. The minimum atomic E-state index is 0.519. The second-order valence-electron chi connectivity index (χ2n) is 5.47. The van der Waals surface area contributed by atoms with Crippen LogP contribution in [0.25, 0.3) is 26.8 Å². The fourth-order valence-electron chi connectivity index (χ4n) is 2.56. The number of hydrogen-bond acceptors (Lipinski definition) is 6. The molecule has 3 aromatic heterocycles. The summed E-state index contributed by atoms with van der Waals surface area (Å²) < 4.78 is 9.12. The third-order valence-corrected chi connectivity index (χ3v) is 4.47. The molecule has 7 heteroatoms. The first-order valence-electron chi connectivity index (χ1n) is 6.97. The van der Waals surface area contributed by atoms with Gasteiger partial charge < -0.3 is 9.32 Å². The van der Waals surface area contributed by atoms with Gasteiger partial charge >= 0.3 is 0 Å². The molecule has 3 heterocycles. The first kappa shape index (κ1) is 13.4. The zero-order chi connectivity index (χ0) is 15.3. The van der Waals surface area contributed by atoms with E-state index < -0.39 is 0 Å². The molecule has 0 N–H and O–H groups in total. The van der Waals surface area contributed by atoms with E-state index in [4.69, 9.17) is 4.42 Å². The number of para-hydroxylation sites is 1. The number of aromatic nitrogens is 4. The highest BCUT2D eigenvalue weighted by Crippen LogP contribution is 2.33. The summed E-state index contributed by atoms with van der Waals surface area (Å²) in [4.78, 5) is 7.58. The molecule has 4 aromatic rings. The molecule has 0 unspecified atom stereocenters. The van der Waals surface area contributed by atoms with Gasteiger partial charge in [0.25, 0.3) is 5.89 Å². The molecule has 0 atom stereocenters. The van der Waals surface area contributed by atoms with Crippen molar-refractivity contribution in [2.45, 2.75) is 13.5 Å². The summed E-state index contributed by atoms with van der Waals surface area (Å²) in [5, 5.41) is 8.34. The van der Waals surface area contributed by atoms with Gasteiger partial charge in [-0.2, -0.15) is 0 Å². The van der Waals surface area contributed by atoms with Crippen molar-refractivity contribution in [3.63, 3.8) is 0 Å². The molecule has 4 rings (SSSR count). The molecule has 0 aliphatic carbocycles. The van der Waals surface area contributed by atoms with Crippen molar-refractivity contribution in [2.24, 2.45) is 0 Å². The van der Waals surface area contributed by atoms with E-state index in [0.717, 1.165) is 21.9 Å². The molecular weight excluding hydrogens is 298 g/mol. The van der Waals surface area contributed by atoms with Crippen LogP contribution in [0.1, 0.15) is 11.6 Å². The number of hydrogen-bond donors (Lipinski definition) is 0. The Bertz CT molecular complexity index is 965. The number of rotatable bonds is 3. The number of fused-ring (bicyclic) bond motifs is 3. The highest BCUT2D eigenvalue weighted by molar-refractivity contribution is 7.23. The molecule has 0 bridgehead atoms. The van der Waals surface area contributed by atoms with Crippen LogP contribution in [0.2, 0.25) is 0 Å². The molecule has 0 fully saturated rings. The maximum atomic E-state index is 5.83. The Morgan fingerprint density at radius 1 is 1.23 bits per heavy atom. The second-order valence-corrected chi connectivity index (χ2v) is 6.48. The van der Waals surface area contributed by atoms with Crippen molar-refractivity contribution in [3.05, 3.63) is 35.9 Å². The molecule has 0 aliphatic heterocycles. The van der Waals surface area contributed by atoms with Gasteiger partial charge in [-0.3, -0.25) is 4.40 Å². The van der Waals surface area contributed by atoms with Crippen LogP contribution in [0.3, 0.4) is 0 Å². The fourth-order valence-corrected chi connectivity index (χ4v) is 3.63. The van der Waals surface area contributed by atoms with E-state index in [0.29, 0.717) is 18.3 Å². The zero-order valence-electron chi connectivity index (χ0n) is 12.6. The topological polar surface area (TPSA) is 59.5 Å². The van der Waals surface area contributed by atoms with E-state index in [9.17, 15) is 0 Å². The molecule has 0 amide bonds. The summed E-state index contributed by atoms with van der Waals surface area (Å²) in [6.07, 6.45) is 0. The fraction of sp³-hybridized carbons (Fsp3) is 0.267. The lowest BCUT2D eigenvalue weighted by Gasteiger charge is -2.03. The molecule has 22 heavy (non-hydrogen) atoms. The van der Waals surface area contributed by atoms with Crippen LogP contribution in [-0.2, 0) is 6.54 Å². The van der Waals surface area contributed by atoms with Gasteiger partial charge in [0.05, 0.1) is 22.5 Å². The van der Waals surface area contributed by atoms with Crippen molar-refractivity contribution < 1.29 is 4.42 Å². The highest BCUT2D eigenvalue weighted by Gasteiger charge is 2.20. The lowest BCUT2D eigenvalue weighted by atomic mass is 10.3. The predicted octanol–water partition coefficient (Wildman–Crippen LogP) is 2.97. The van der Waals surface area contributed by atoms with Crippen molar-refractivity contribution in [3.8, 4) is 11.6 Å². The molecule has 0 aliphatic rings. The Morgan fingerprint density at radius 3 is 2.86 bits per heavy atom. The van der Waals surface area contributed by atoms with Crippen LogP contribution < -0.4 is 0 Å². The molecular formula is C15H15N5OS. The average Bonchev–Trinajstić information content (AvgIpc) is 3.11. The lowest BCUT2D eigenvalue weighted by Crippen LogP contribution is -2.10. The largest absolute Gasteiger partial charge is 0.418 e. The van der Waals surface area contributed by atoms with Gasteiger partial charge in [0.15, 0.2) is 4.96 Å². The van der Waals surface area contributed by atoms with E-state index in [-0.39, 0.29) is 0 Å². The normalized spacial score (nSPS) is 12.0. The molecule has 0 saturated carbocycles. The summed E-state index contributed by atoms with van der Waals surface area (Å²) in [6.45, 7) is 2.60. The first-order valence-corrected chi connectivity index (χ1v) is 7.79. The van der Waals surface area contributed by atoms with Crippen LogP contribution in [-0.4, -0.2) is 38.6 Å². The van der Waals surface area contributed by atoms with Crippen LogP contribution in [0, 0.1) is 6.92 Å². The van der Waals surface area contributed by atoms with Gasteiger partial charge in [-0.05, 0) is 33.2 Å². The van der Waals surface area contributed by atoms with Gasteiger partial charge in [0, 0.05) is 0 Å². The molecule has 0 radical (unpaired) electrons. The van der Waals surface area contributed by atoms with E-state index in [2.05, 4.69) is 31.7 Å². The minimum absolute atomic E-state index is 0.519. The number of benzene rings is 1. The van der Waals surface area contributed by atoms with E-state index in [1.54, 1.807) is 11.3 Å². The van der Waals surface area contributed by atoms with Crippen LogP contribution in [0.5, 0.6) is 0 Å². The standard InChI is InChI=1S/C15H15N5OS/c1-9-13(14-18-17-12(21-14)8-19(2)3)20-10-6-4-5-7-11(10)22-15(20)16-9/h4-7H,8H2,1-3H3. The van der Waals surface area contributed by atoms with Crippen LogP contribution in [0.15, 0.2) is 28.7 Å². The minimum Gasteiger partial charge on any atom is -0.418 e. The van der Waals surface area contributed by atoms with Gasteiger partial charge in [-0.1, -0.05) is 23.5 Å². The van der Waals surface area contributed by atoms with Crippen molar-refractivity contribution in [2.75, 3.05) is 14.1 Å². The van der Waals surface area contributed by atoms with Crippen molar-refractivity contribution in [1.82, 2.24) is 24.5 Å². The molecule has 1 aromatic carbocycles. The van der Waals surface area contributed by atoms with Gasteiger partial charge in [-0.15, -0.1) is 10.2 Å². The highest BCUT2D eigenvalue weighted by atomic mass is 32.1. The monoisotopic (exact) mass is 313 g/mol. The molecule has 6 nitrogen and oxygen atoms in total. The Labute approximate surface area is 131 Å². The van der Waals surface area contributed by atoms with Crippen LogP contribution >= 0.6 is 11.3 Å². The van der Waals surface area contributed by atoms with E-state index >= 15 is 0 Å². The summed E-state index contributed by atoms with van der Waals surface area (Å²) in [7, 11) is 3.94. The molecule has 0 spiro atoms. The SMILES string of the molecule is Cc1nc2sc3ccccc3n2c1-c1nnc(CN(C)C)o1. The third kappa shape index (κ3) is 2.01.